The van der Waals surface area contributed by atoms with Crippen LogP contribution in [0.25, 0.3) is 0 Å². The van der Waals surface area contributed by atoms with Crippen LogP contribution in [0.15, 0.2) is 29.8 Å². The van der Waals surface area contributed by atoms with Crippen molar-refractivity contribution >= 4 is 0 Å². The van der Waals surface area contributed by atoms with Crippen LogP contribution in [0.5, 0.6) is 11.5 Å². The molecule has 0 aromatic heterocycles. The van der Waals surface area contributed by atoms with E-state index < -0.39 is 0 Å². The first-order valence-electron chi connectivity index (χ1n) is 6.69. The number of benzene rings is 1. The molecule has 0 radical (unpaired) electrons. The third kappa shape index (κ3) is 5.79. The highest BCUT2D eigenvalue weighted by molar-refractivity contribution is 5.43. The lowest BCUT2D eigenvalue weighted by atomic mass is 10.2. The summed E-state index contributed by atoms with van der Waals surface area (Å²) < 4.78 is 11.1. The maximum Gasteiger partial charge on any atom is 0.161 e. The summed E-state index contributed by atoms with van der Waals surface area (Å²) in [6, 6.07) is 6.52. The van der Waals surface area contributed by atoms with E-state index in [-0.39, 0.29) is 0 Å². The van der Waals surface area contributed by atoms with Gasteiger partial charge in [0.05, 0.1) is 7.11 Å². The van der Waals surface area contributed by atoms with Gasteiger partial charge in [-0.25, -0.2) is 0 Å². The van der Waals surface area contributed by atoms with Gasteiger partial charge in [-0.3, -0.25) is 0 Å². The van der Waals surface area contributed by atoms with Gasteiger partial charge in [0.25, 0.3) is 0 Å². The van der Waals surface area contributed by atoms with Gasteiger partial charge in [-0.1, -0.05) is 25.5 Å². The topological polar surface area (TPSA) is 30.5 Å². The van der Waals surface area contributed by atoms with Crippen LogP contribution in [0, 0.1) is 0 Å². The Bertz CT molecular complexity index is 421. The van der Waals surface area contributed by atoms with Crippen molar-refractivity contribution in [1.29, 1.82) is 0 Å². The summed E-state index contributed by atoms with van der Waals surface area (Å²) in [5.41, 5.74) is 2.44. The van der Waals surface area contributed by atoms with Crippen molar-refractivity contribution in [2.45, 2.75) is 40.3 Å². The molecule has 0 saturated heterocycles. The maximum absolute atomic E-state index is 5.76. The molecule has 106 valence electrons. The number of rotatable bonds is 7. The Balaban J connectivity index is 2.74. The molecule has 0 aliphatic heterocycles. The predicted octanol–water partition coefficient (Wildman–Crippen LogP) is 3.54. The molecule has 19 heavy (non-hydrogen) atoms. The molecule has 1 aromatic rings. The Morgan fingerprint density at radius 2 is 2.00 bits per heavy atom. The van der Waals surface area contributed by atoms with Gasteiger partial charge < -0.3 is 14.8 Å². The number of methoxy groups -OCH3 is 1. The zero-order valence-electron chi connectivity index (χ0n) is 12.6. The van der Waals surface area contributed by atoms with Gasteiger partial charge in [-0.15, -0.1) is 0 Å². The van der Waals surface area contributed by atoms with Gasteiger partial charge in [0.2, 0.25) is 0 Å². The first-order valence-corrected chi connectivity index (χ1v) is 6.69. The number of allylic oxidation sites excluding steroid dienone is 1. The molecular formula is C16H25NO2. The molecule has 3 nitrogen and oxygen atoms in total. The van der Waals surface area contributed by atoms with Gasteiger partial charge in [0.15, 0.2) is 11.5 Å². The van der Waals surface area contributed by atoms with E-state index in [1.807, 2.05) is 12.1 Å². The molecule has 0 atom stereocenters. The second kappa shape index (κ2) is 7.85. The Kier molecular flexibility index (Phi) is 6.43. The molecule has 0 saturated carbocycles. The third-order valence-corrected chi connectivity index (χ3v) is 2.67. The van der Waals surface area contributed by atoms with Crippen LogP contribution >= 0.6 is 0 Å². The first kappa shape index (κ1) is 15.6. The van der Waals surface area contributed by atoms with Gasteiger partial charge in [-0.05, 0) is 37.6 Å². The van der Waals surface area contributed by atoms with Gasteiger partial charge >= 0.3 is 0 Å². The molecule has 0 amide bonds. The average Bonchev–Trinajstić information content (AvgIpc) is 2.36. The summed E-state index contributed by atoms with van der Waals surface area (Å²) in [5.74, 6) is 1.57. The van der Waals surface area contributed by atoms with Crippen LogP contribution in [0.1, 0.15) is 33.3 Å². The lowest BCUT2D eigenvalue weighted by molar-refractivity contribution is 0.325. The van der Waals surface area contributed by atoms with E-state index in [0.717, 1.165) is 18.0 Å². The summed E-state index contributed by atoms with van der Waals surface area (Å²) in [4.78, 5) is 0. The smallest absolute Gasteiger partial charge is 0.161 e. The van der Waals surface area contributed by atoms with Crippen LogP contribution in [-0.2, 0) is 6.54 Å². The van der Waals surface area contributed by atoms with Crippen molar-refractivity contribution < 1.29 is 9.47 Å². The van der Waals surface area contributed by atoms with Crippen molar-refractivity contribution in [2.24, 2.45) is 0 Å². The molecule has 0 bridgehead atoms. The summed E-state index contributed by atoms with van der Waals surface area (Å²) >= 11 is 0. The fourth-order valence-corrected chi connectivity index (χ4v) is 1.56. The highest BCUT2D eigenvalue weighted by Crippen LogP contribution is 2.28. The second-order valence-electron chi connectivity index (χ2n) is 5.11. The quantitative estimate of drug-likeness (QED) is 0.763. The number of hydrogen-bond acceptors (Lipinski definition) is 3. The summed E-state index contributed by atoms with van der Waals surface area (Å²) in [5, 5.41) is 3.39. The fourth-order valence-electron chi connectivity index (χ4n) is 1.56. The van der Waals surface area contributed by atoms with E-state index in [9.17, 15) is 0 Å². The van der Waals surface area contributed by atoms with E-state index in [0.29, 0.717) is 12.6 Å². The Hall–Kier alpha value is -1.48. The molecular weight excluding hydrogens is 238 g/mol. The minimum atomic E-state index is 0.470. The Labute approximate surface area is 116 Å². The highest BCUT2D eigenvalue weighted by Gasteiger charge is 2.05. The molecule has 0 unspecified atom stereocenters. The van der Waals surface area contributed by atoms with E-state index in [4.69, 9.17) is 9.47 Å². The van der Waals surface area contributed by atoms with E-state index in [1.165, 1.54) is 11.1 Å². The zero-order valence-corrected chi connectivity index (χ0v) is 12.6. The third-order valence-electron chi connectivity index (χ3n) is 2.67. The predicted molar refractivity (Wildman–Crippen MR) is 79.9 cm³/mol. The molecule has 0 spiro atoms. The lowest BCUT2D eigenvalue weighted by Crippen LogP contribution is -2.21. The monoisotopic (exact) mass is 263 g/mol. The first-order chi connectivity index (χ1) is 9.02. The summed E-state index contributed by atoms with van der Waals surface area (Å²) in [6.07, 6.45) is 2.05. The number of nitrogens with one attached hydrogen (secondary N) is 1. The fraction of sp³-hybridized carbons (Fsp3) is 0.500. The van der Waals surface area contributed by atoms with Crippen LogP contribution in [0.3, 0.4) is 0 Å². The van der Waals surface area contributed by atoms with Crippen LogP contribution in [0.2, 0.25) is 0 Å². The normalized spacial score (nSPS) is 10.4. The molecule has 0 aliphatic rings. The van der Waals surface area contributed by atoms with E-state index in [1.54, 1.807) is 7.11 Å². The second-order valence-corrected chi connectivity index (χ2v) is 5.11. The van der Waals surface area contributed by atoms with Crippen molar-refractivity contribution in [3.63, 3.8) is 0 Å². The minimum Gasteiger partial charge on any atom is -0.493 e. The van der Waals surface area contributed by atoms with Gasteiger partial charge in [-0.2, -0.15) is 0 Å². The SMILES string of the molecule is COc1ccc(CNC(C)C)cc1OCC=C(C)C. The van der Waals surface area contributed by atoms with Gasteiger partial charge in [0.1, 0.15) is 6.61 Å². The maximum atomic E-state index is 5.76. The molecule has 1 N–H and O–H groups in total. The number of ether oxygens (including phenoxy) is 2. The molecule has 1 rings (SSSR count). The molecule has 3 heteroatoms. The summed E-state index contributed by atoms with van der Waals surface area (Å²) in [7, 11) is 1.66. The molecule has 0 heterocycles. The van der Waals surface area contributed by atoms with Crippen LogP contribution in [-0.4, -0.2) is 19.8 Å². The largest absolute Gasteiger partial charge is 0.493 e. The standard InChI is InChI=1S/C16H25NO2/c1-12(2)8-9-19-16-10-14(11-17-13(3)4)6-7-15(16)18-5/h6-8,10,13,17H,9,11H2,1-5H3. The molecule has 1 aromatic carbocycles. The number of hydrogen-bond donors (Lipinski definition) is 1. The van der Waals surface area contributed by atoms with E-state index in [2.05, 4.69) is 45.2 Å². The van der Waals surface area contributed by atoms with Gasteiger partial charge in [0, 0.05) is 12.6 Å². The van der Waals surface area contributed by atoms with Crippen LogP contribution in [0.4, 0.5) is 0 Å². The zero-order chi connectivity index (χ0) is 14.3. The average molecular weight is 263 g/mol. The van der Waals surface area contributed by atoms with Crippen LogP contribution < -0.4 is 14.8 Å². The van der Waals surface area contributed by atoms with E-state index >= 15 is 0 Å². The van der Waals surface area contributed by atoms with Crippen molar-refractivity contribution in [3.05, 3.63) is 35.4 Å². The van der Waals surface area contributed by atoms with Crippen molar-refractivity contribution in [3.8, 4) is 11.5 Å². The Morgan fingerprint density at radius 1 is 1.26 bits per heavy atom. The van der Waals surface area contributed by atoms with Crippen molar-refractivity contribution in [2.75, 3.05) is 13.7 Å². The lowest BCUT2D eigenvalue weighted by Gasteiger charge is -2.13. The molecule has 0 aliphatic carbocycles. The van der Waals surface area contributed by atoms with Crippen molar-refractivity contribution in [1.82, 2.24) is 5.32 Å². The summed E-state index contributed by atoms with van der Waals surface area (Å²) in [6.45, 7) is 9.79. The Morgan fingerprint density at radius 3 is 2.58 bits per heavy atom. The highest BCUT2D eigenvalue weighted by atomic mass is 16.5. The molecule has 0 fully saturated rings. The minimum absolute atomic E-state index is 0.470.